The van der Waals surface area contributed by atoms with Crippen molar-refractivity contribution in [2.75, 3.05) is 17.4 Å². The van der Waals surface area contributed by atoms with Crippen LogP contribution in [0.2, 0.25) is 0 Å². The molecule has 3 aliphatic rings. The number of rotatable bonds is 4. The number of aromatic amines is 1. The third-order valence-electron chi connectivity index (χ3n) is 7.78. The third kappa shape index (κ3) is 2.51. The van der Waals surface area contributed by atoms with E-state index in [2.05, 4.69) is 31.0 Å². The Labute approximate surface area is 176 Å². The van der Waals surface area contributed by atoms with Crippen molar-refractivity contribution in [3.8, 4) is 0 Å². The molecular formula is C21H28N4O4S. The van der Waals surface area contributed by atoms with Gasteiger partial charge in [0.05, 0.1) is 5.69 Å². The van der Waals surface area contributed by atoms with Crippen LogP contribution in [-0.2, 0) is 16.6 Å². The molecule has 4 atom stereocenters. The first kappa shape index (κ1) is 19.8. The summed E-state index contributed by atoms with van der Waals surface area (Å²) in [7, 11) is -3.81. The summed E-state index contributed by atoms with van der Waals surface area (Å²) in [6.07, 6.45) is 0.866. The van der Waals surface area contributed by atoms with E-state index in [1.165, 1.54) is 9.87 Å². The maximum atomic E-state index is 13.9. The highest BCUT2D eigenvalue weighted by Crippen LogP contribution is 2.63. The number of fused-ring (bicyclic) bond motifs is 2. The number of hydrogen-bond acceptors (Lipinski definition) is 5. The van der Waals surface area contributed by atoms with Gasteiger partial charge in [-0.2, -0.15) is 12.7 Å². The molecule has 162 valence electrons. The summed E-state index contributed by atoms with van der Waals surface area (Å²) >= 11 is 0. The minimum absolute atomic E-state index is 0.106. The average molecular weight is 433 g/mol. The van der Waals surface area contributed by atoms with Crippen LogP contribution in [0.25, 0.3) is 0 Å². The third-order valence-corrected chi connectivity index (χ3v) is 9.65. The normalized spacial score (nSPS) is 29.8. The van der Waals surface area contributed by atoms with Crippen molar-refractivity contribution in [2.24, 2.45) is 17.3 Å². The molecule has 4 unspecified atom stereocenters. The van der Waals surface area contributed by atoms with Gasteiger partial charge in [0.15, 0.2) is 0 Å². The number of H-pyrrole nitrogens is 1. The fourth-order valence-corrected chi connectivity index (χ4v) is 7.69. The molecular weight excluding hydrogens is 404 g/mol. The molecule has 0 amide bonds. The Morgan fingerprint density at radius 3 is 2.50 bits per heavy atom. The van der Waals surface area contributed by atoms with Gasteiger partial charge in [-0.25, -0.2) is 14.2 Å². The number of benzene rings is 1. The summed E-state index contributed by atoms with van der Waals surface area (Å²) in [4.78, 5) is 11.7. The highest BCUT2D eigenvalue weighted by Gasteiger charge is 2.64. The predicted octanol–water partition coefficient (Wildman–Crippen LogP) is 2.73. The molecule has 0 bridgehead atoms. The van der Waals surface area contributed by atoms with Crippen LogP contribution >= 0.6 is 0 Å². The molecule has 1 saturated carbocycles. The monoisotopic (exact) mass is 432 g/mol. The van der Waals surface area contributed by atoms with Gasteiger partial charge >= 0.3 is 16.0 Å². The van der Waals surface area contributed by atoms with Crippen molar-refractivity contribution in [1.82, 2.24) is 14.5 Å². The second-order valence-electron chi connectivity index (χ2n) is 9.48. The van der Waals surface area contributed by atoms with Gasteiger partial charge in [0.25, 0.3) is 0 Å². The van der Waals surface area contributed by atoms with Crippen molar-refractivity contribution in [3.05, 3.63) is 45.3 Å². The van der Waals surface area contributed by atoms with Gasteiger partial charge in [0, 0.05) is 19.0 Å². The Morgan fingerprint density at radius 1 is 1.27 bits per heavy atom. The molecule has 2 fully saturated rings. The minimum atomic E-state index is -3.81. The Kier molecular flexibility index (Phi) is 4.09. The van der Waals surface area contributed by atoms with Crippen LogP contribution in [0.5, 0.6) is 0 Å². The van der Waals surface area contributed by atoms with Gasteiger partial charge in [-0.05, 0) is 53.4 Å². The van der Waals surface area contributed by atoms with Gasteiger partial charge in [-0.15, -0.1) is 5.10 Å². The van der Waals surface area contributed by atoms with Gasteiger partial charge in [0.2, 0.25) is 5.89 Å². The molecule has 2 aliphatic heterocycles. The highest BCUT2D eigenvalue weighted by atomic mass is 32.2. The molecule has 9 heteroatoms. The van der Waals surface area contributed by atoms with Gasteiger partial charge in [-0.1, -0.05) is 33.8 Å². The van der Waals surface area contributed by atoms with E-state index in [1.807, 2.05) is 26.0 Å². The maximum Gasteiger partial charge on any atom is 0.434 e. The quantitative estimate of drug-likeness (QED) is 0.801. The summed E-state index contributed by atoms with van der Waals surface area (Å²) in [6.45, 7) is 11.6. The molecule has 1 aromatic heterocycles. The van der Waals surface area contributed by atoms with Crippen molar-refractivity contribution in [3.63, 3.8) is 0 Å². The summed E-state index contributed by atoms with van der Waals surface area (Å²) in [5.74, 6) is 0.0341. The van der Waals surface area contributed by atoms with E-state index in [1.54, 1.807) is 4.31 Å². The zero-order chi connectivity index (χ0) is 21.6. The number of nitrogens with zero attached hydrogens (tertiary/aromatic N) is 3. The lowest BCUT2D eigenvalue weighted by Gasteiger charge is -2.32. The Balaban J connectivity index is 1.63. The average Bonchev–Trinajstić information content (AvgIpc) is 3.18. The standard InChI is InChI=1S/C21H28N4O4S/c1-6-13-7-8-16-17(11(13)2)12(3)18(19-22-23-20(26)29-19)25(16)30(27,28)24-9-14-15(10-24)21(14,4)5/h7-8,12,14-15,18H,6,9-10H2,1-5H3,(H,23,26). The van der Waals surface area contributed by atoms with E-state index in [9.17, 15) is 13.2 Å². The summed E-state index contributed by atoms with van der Waals surface area (Å²) < 4.78 is 36.0. The summed E-state index contributed by atoms with van der Waals surface area (Å²) in [5.41, 5.74) is 4.13. The molecule has 2 aromatic rings. The molecule has 3 heterocycles. The molecule has 1 saturated heterocycles. The molecule has 8 nitrogen and oxygen atoms in total. The summed E-state index contributed by atoms with van der Waals surface area (Å²) in [6, 6.07) is 3.19. The highest BCUT2D eigenvalue weighted by molar-refractivity contribution is 7.90. The van der Waals surface area contributed by atoms with Crippen molar-refractivity contribution in [1.29, 1.82) is 0 Å². The van der Waals surface area contributed by atoms with E-state index < -0.39 is 22.0 Å². The van der Waals surface area contributed by atoms with E-state index in [0.717, 1.165) is 17.5 Å². The van der Waals surface area contributed by atoms with Crippen LogP contribution < -0.4 is 10.1 Å². The first-order valence-corrected chi connectivity index (χ1v) is 12.0. The topological polar surface area (TPSA) is 99.5 Å². The second kappa shape index (κ2) is 6.20. The van der Waals surface area contributed by atoms with Crippen molar-refractivity contribution in [2.45, 2.75) is 53.0 Å². The van der Waals surface area contributed by atoms with Crippen molar-refractivity contribution < 1.29 is 12.8 Å². The Morgan fingerprint density at radius 2 is 1.93 bits per heavy atom. The minimum Gasteiger partial charge on any atom is -0.390 e. The van der Waals surface area contributed by atoms with Crippen LogP contribution in [0.4, 0.5) is 5.69 Å². The first-order valence-electron chi connectivity index (χ1n) is 10.6. The maximum absolute atomic E-state index is 13.9. The largest absolute Gasteiger partial charge is 0.434 e. The zero-order valence-electron chi connectivity index (χ0n) is 18.0. The number of aromatic nitrogens is 2. The van der Waals surface area contributed by atoms with E-state index in [4.69, 9.17) is 4.42 Å². The number of hydrogen-bond donors (Lipinski definition) is 1. The molecule has 0 spiro atoms. The Bertz CT molecular complexity index is 1170. The second-order valence-corrected chi connectivity index (χ2v) is 11.3. The van der Waals surface area contributed by atoms with Crippen LogP contribution in [-0.4, -0.2) is 36.0 Å². The molecule has 30 heavy (non-hydrogen) atoms. The molecule has 0 radical (unpaired) electrons. The van der Waals surface area contributed by atoms with E-state index in [0.29, 0.717) is 30.6 Å². The summed E-state index contributed by atoms with van der Waals surface area (Å²) in [5, 5.41) is 6.30. The van der Waals surface area contributed by atoms with Gasteiger partial charge in [0.1, 0.15) is 6.04 Å². The van der Waals surface area contributed by atoms with Gasteiger partial charge < -0.3 is 4.42 Å². The fraction of sp³-hybridized carbons (Fsp3) is 0.619. The van der Waals surface area contributed by atoms with E-state index >= 15 is 0 Å². The molecule has 5 rings (SSSR count). The SMILES string of the molecule is CCc1ccc2c(c1C)C(C)C(c1n[nH]c(=O)o1)N2S(=O)(=O)N1CC2C(C1)C2(C)C. The number of aryl methyl sites for hydroxylation is 1. The van der Waals surface area contributed by atoms with Crippen LogP contribution in [0, 0.1) is 24.2 Å². The molecule has 1 aromatic carbocycles. The predicted molar refractivity (Wildman–Crippen MR) is 113 cm³/mol. The van der Waals surface area contributed by atoms with Crippen LogP contribution in [0.15, 0.2) is 21.3 Å². The van der Waals surface area contributed by atoms with E-state index in [-0.39, 0.29) is 17.2 Å². The molecule has 1 N–H and O–H groups in total. The number of nitrogens with one attached hydrogen (secondary N) is 1. The number of anilines is 1. The first-order chi connectivity index (χ1) is 14.1. The smallest absolute Gasteiger partial charge is 0.390 e. The fourth-order valence-electron chi connectivity index (χ4n) is 5.78. The van der Waals surface area contributed by atoms with Gasteiger partial charge in [-0.3, -0.25) is 0 Å². The lowest BCUT2D eigenvalue weighted by molar-refractivity contribution is 0.356. The number of piperidine rings is 1. The Hall–Kier alpha value is -2.13. The molecule has 1 aliphatic carbocycles. The van der Waals surface area contributed by atoms with Crippen molar-refractivity contribution >= 4 is 15.9 Å². The van der Waals surface area contributed by atoms with Crippen LogP contribution in [0.1, 0.15) is 62.2 Å². The lowest BCUT2D eigenvalue weighted by atomic mass is 9.90. The lowest BCUT2D eigenvalue weighted by Crippen LogP contribution is -2.45. The van der Waals surface area contributed by atoms with Crippen LogP contribution in [0.3, 0.4) is 0 Å². The zero-order valence-corrected chi connectivity index (χ0v) is 18.8.